The van der Waals surface area contributed by atoms with Crippen LogP contribution < -0.4 is 5.73 Å². The van der Waals surface area contributed by atoms with E-state index >= 15 is 0 Å². The van der Waals surface area contributed by atoms with Gasteiger partial charge in [-0.3, -0.25) is 4.90 Å². The van der Waals surface area contributed by atoms with Gasteiger partial charge >= 0.3 is 0 Å². The van der Waals surface area contributed by atoms with Gasteiger partial charge in [-0.25, -0.2) is 4.98 Å². The Morgan fingerprint density at radius 3 is 3.16 bits per heavy atom. The van der Waals surface area contributed by atoms with Crippen molar-refractivity contribution in [2.45, 2.75) is 32.7 Å². The van der Waals surface area contributed by atoms with Gasteiger partial charge in [-0.05, 0) is 56.5 Å². The fourth-order valence-electron chi connectivity index (χ4n) is 2.73. The number of nitrogens with two attached hydrogens (primary N) is 1. The van der Waals surface area contributed by atoms with E-state index in [1.54, 1.807) is 0 Å². The first-order chi connectivity index (χ1) is 9.20. The van der Waals surface area contributed by atoms with E-state index in [-0.39, 0.29) is 0 Å². The van der Waals surface area contributed by atoms with Crippen molar-refractivity contribution in [3.63, 3.8) is 0 Å². The molecule has 0 radical (unpaired) electrons. The number of hydrogen-bond donors (Lipinski definition) is 1. The maximum Gasteiger partial charge on any atom is 0.209 e. The number of nitrogens with zero attached hydrogens (tertiary/aromatic N) is 2. The average Bonchev–Trinajstić information content (AvgIpc) is 2.65. The van der Waals surface area contributed by atoms with Crippen molar-refractivity contribution < 1.29 is 4.42 Å². The minimum atomic E-state index is 0.732. The normalized spacial score (nSPS) is 21.6. The fourth-order valence-corrected chi connectivity index (χ4v) is 2.73. The second-order valence-electron chi connectivity index (χ2n) is 5.65. The topological polar surface area (TPSA) is 55.3 Å². The van der Waals surface area contributed by atoms with Crippen molar-refractivity contribution in [3.8, 4) is 0 Å². The molecule has 0 aliphatic carbocycles. The van der Waals surface area contributed by atoms with Crippen molar-refractivity contribution in [2.24, 2.45) is 5.92 Å². The molecule has 0 bridgehead atoms. The Hall–Kier alpha value is -1.55. The Labute approximate surface area is 113 Å². The molecule has 4 nitrogen and oxygen atoms in total. The molecular formula is C15H21N3O. The van der Waals surface area contributed by atoms with Crippen LogP contribution in [0.5, 0.6) is 0 Å². The zero-order chi connectivity index (χ0) is 13.2. The SMILES string of the molecule is CC1CCCN(Cc2nc3cc(N)ccc3o2)CC1. The van der Waals surface area contributed by atoms with Crippen LogP contribution in [0.1, 0.15) is 32.1 Å². The summed E-state index contributed by atoms with van der Waals surface area (Å²) >= 11 is 0. The molecule has 1 aromatic heterocycles. The van der Waals surface area contributed by atoms with E-state index in [9.17, 15) is 0 Å². The van der Waals surface area contributed by atoms with Crippen LogP contribution in [0.25, 0.3) is 11.1 Å². The summed E-state index contributed by atoms with van der Waals surface area (Å²) in [6.45, 7) is 5.43. The molecule has 19 heavy (non-hydrogen) atoms. The van der Waals surface area contributed by atoms with Crippen molar-refractivity contribution in [3.05, 3.63) is 24.1 Å². The Morgan fingerprint density at radius 2 is 2.26 bits per heavy atom. The third-order valence-corrected chi connectivity index (χ3v) is 3.92. The Balaban J connectivity index is 1.73. The number of likely N-dealkylation sites (tertiary alicyclic amines) is 1. The molecule has 102 valence electrons. The van der Waals surface area contributed by atoms with Crippen molar-refractivity contribution >= 4 is 16.8 Å². The van der Waals surface area contributed by atoms with Gasteiger partial charge in [-0.1, -0.05) is 6.92 Å². The lowest BCUT2D eigenvalue weighted by Gasteiger charge is -2.17. The van der Waals surface area contributed by atoms with E-state index in [2.05, 4.69) is 16.8 Å². The molecule has 2 aromatic rings. The van der Waals surface area contributed by atoms with Gasteiger partial charge in [0.15, 0.2) is 5.58 Å². The first-order valence-electron chi connectivity index (χ1n) is 7.08. The van der Waals surface area contributed by atoms with Gasteiger partial charge in [0, 0.05) is 5.69 Å². The zero-order valence-electron chi connectivity index (χ0n) is 11.4. The van der Waals surface area contributed by atoms with Crippen LogP contribution in [0, 0.1) is 5.92 Å². The highest BCUT2D eigenvalue weighted by molar-refractivity contribution is 5.76. The summed E-state index contributed by atoms with van der Waals surface area (Å²) < 4.78 is 5.79. The van der Waals surface area contributed by atoms with Crippen LogP contribution in [0.4, 0.5) is 5.69 Å². The highest BCUT2D eigenvalue weighted by Crippen LogP contribution is 2.21. The van der Waals surface area contributed by atoms with Gasteiger partial charge in [-0.2, -0.15) is 0 Å². The highest BCUT2D eigenvalue weighted by atomic mass is 16.3. The minimum absolute atomic E-state index is 0.732. The van der Waals surface area contributed by atoms with Gasteiger partial charge in [0.2, 0.25) is 5.89 Å². The zero-order valence-corrected chi connectivity index (χ0v) is 11.4. The predicted octanol–water partition coefficient (Wildman–Crippen LogP) is 3.03. The van der Waals surface area contributed by atoms with Gasteiger partial charge < -0.3 is 10.2 Å². The number of hydrogen-bond acceptors (Lipinski definition) is 4. The quantitative estimate of drug-likeness (QED) is 0.842. The molecule has 0 spiro atoms. The maximum atomic E-state index is 5.79. The minimum Gasteiger partial charge on any atom is -0.439 e. The van der Waals surface area contributed by atoms with Gasteiger partial charge in [0.25, 0.3) is 0 Å². The number of nitrogen functional groups attached to an aromatic ring is 1. The summed E-state index contributed by atoms with van der Waals surface area (Å²) in [5, 5.41) is 0. The summed E-state index contributed by atoms with van der Waals surface area (Å²) in [6, 6.07) is 5.61. The van der Waals surface area contributed by atoms with Crippen molar-refractivity contribution in [1.29, 1.82) is 0 Å². The summed E-state index contributed by atoms with van der Waals surface area (Å²) in [6.07, 6.45) is 3.88. The summed E-state index contributed by atoms with van der Waals surface area (Å²) in [5.74, 6) is 1.64. The summed E-state index contributed by atoms with van der Waals surface area (Å²) in [7, 11) is 0. The molecule has 3 rings (SSSR count). The van der Waals surface area contributed by atoms with Crippen molar-refractivity contribution in [1.82, 2.24) is 9.88 Å². The third kappa shape index (κ3) is 2.89. The predicted molar refractivity (Wildman–Crippen MR) is 76.7 cm³/mol. The first-order valence-corrected chi connectivity index (χ1v) is 7.08. The molecule has 1 aliphatic rings. The van der Waals surface area contributed by atoms with Crippen LogP contribution in [0.3, 0.4) is 0 Å². The van der Waals surface area contributed by atoms with Gasteiger partial charge in [-0.15, -0.1) is 0 Å². The lowest BCUT2D eigenvalue weighted by Crippen LogP contribution is -2.24. The van der Waals surface area contributed by atoms with Crippen LogP contribution >= 0.6 is 0 Å². The smallest absolute Gasteiger partial charge is 0.209 e. The average molecular weight is 259 g/mol. The number of oxazole rings is 1. The first kappa shape index (κ1) is 12.5. The summed E-state index contributed by atoms with van der Waals surface area (Å²) in [5.41, 5.74) is 8.18. The Bertz CT molecular complexity index is 564. The number of anilines is 1. The van der Waals surface area contributed by atoms with Gasteiger partial charge in [0.1, 0.15) is 5.52 Å². The summed E-state index contributed by atoms with van der Waals surface area (Å²) in [4.78, 5) is 6.97. The molecule has 1 saturated heterocycles. The van der Waals surface area contributed by atoms with E-state index in [1.165, 1.54) is 19.3 Å². The van der Waals surface area contributed by atoms with Crippen molar-refractivity contribution in [2.75, 3.05) is 18.8 Å². The third-order valence-electron chi connectivity index (χ3n) is 3.92. The second kappa shape index (κ2) is 5.21. The van der Waals surface area contributed by atoms with Crippen LogP contribution in [-0.2, 0) is 6.54 Å². The van der Waals surface area contributed by atoms with Crippen LogP contribution in [-0.4, -0.2) is 23.0 Å². The Kier molecular flexibility index (Phi) is 3.42. The highest BCUT2D eigenvalue weighted by Gasteiger charge is 2.16. The standard InChI is InChI=1S/C15H21N3O/c1-11-3-2-7-18(8-6-11)10-15-17-13-9-12(16)4-5-14(13)19-15/h4-5,9,11H,2-3,6-8,10,16H2,1H3. The molecule has 1 aromatic carbocycles. The number of fused-ring (bicyclic) bond motifs is 1. The number of rotatable bonds is 2. The molecule has 4 heteroatoms. The van der Waals surface area contributed by atoms with Crippen LogP contribution in [0.15, 0.2) is 22.6 Å². The number of benzene rings is 1. The van der Waals surface area contributed by atoms with E-state index in [0.29, 0.717) is 0 Å². The molecule has 2 N–H and O–H groups in total. The number of aromatic nitrogens is 1. The lowest BCUT2D eigenvalue weighted by atomic mass is 10.0. The molecule has 1 aliphatic heterocycles. The second-order valence-corrected chi connectivity index (χ2v) is 5.65. The molecule has 0 saturated carbocycles. The van der Waals surface area contributed by atoms with E-state index in [4.69, 9.17) is 10.2 Å². The fraction of sp³-hybridized carbons (Fsp3) is 0.533. The molecule has 1 atom stereocenters. The molecule has 0 amide bonds. The monoisotopic (exact) mass is 259 g/mol. The van der Waals surface area contributed by atoms with Gasteiger partial charge in [0.05, 0.1) is 6.54 Å². The van der Waals surface area contributed by atoms with E-state index in [1.807, 2.05) is 18.2 Å². The molecule has 1 fully saturated rings. The maximum absolute atomic E-state index is 5.79. The van der Waals surface area contributed by atoms with E-state index < -0.39 is 0 Å². The van der Waals surface area contributed by atoms with Crippen LogP contribution in [0.2, 0.25) is 0 Å². The van der Waals surface area contributed by atoms with E-state index in [0.717, 1.165) is 48.2 Å². The largest absolute Gasteiger partial charge is 0.439 e. The molecule has 2 heterocycles. The Morgan fingerprint density at radius 1 is 1.37 bits per heavy atom. The molecular weight excluding hydrogens is 238 g/mol. The molecule has 1 unspecified atom stereocenters. The lowest BCUT2D eigenvalue weighted by molar-refractivity contribution is 0.248.